The molecule has 1 aromatic rings. The number of aliphatic hydroxyl groups excluding tert-OH is 1. The number of aliphatic hydroxyl groups is 1. The molecule has 0 saturated heterocycles. The Morgan fingerprint density at radius 3 is 2.50 bits per heavy atom. The van der Waals surface area contributed by atoms with Gasteiger partial charge in [-0.15, -0.1) is 0 Å². The molecule has 0 fully saturated rings. The molecule has 0 bridgehead atoms. The van der Waals surface area contributed by atoms with Crippen LogP contribution in [0.4, 0.5) is 0 Å². The topological polar surface area (TPSA) is 42.4 Å². The van der Waals surface area contributed by atoms with Gasteiger partial charge >= 0.3 is 0 Å². The second kappa shape index (κ2) is 4.42. The van der Waals surface area contributed by atoms with Gasteiger partial charge in [0.15, 0.2) is 0 Å². The molecule has 0 aromatic carbocycles. The van der Waals surface area contributed by atoms with Gasteiger partial charge < -0.3 is 9.84 Å². The third kappa shape index (κ3) is 2.45. The van der Waals surface area contributed by atoms with Crippen molar-refractivity contribution in [2.24, 2.45) is 5.92 Å². The van der Waals surface area contributed by atoms with E-state index in [1.165, 1.54) is 0 Å². The van der Waals surface area contributed by atoms with E-state index in [1.54, 1.807) is 13.2 Å². The smallest absolute Gasteiger partial charge is 0.122 e. The first kappa shape index (κ1) is 11.0. The second-order valence-electron chi connectivity index (χ2n) is 3.76. The number of nitrogens with zero attached hydrogens (tertiary/aromatic N) is 1. The number of aromatic nitrogens is 1. The predicted molar refractivity (Wildman–Crippen MR) is 55.3 cm³/mol. The summed E-state index contributed by atoms with van der Waals surface area (Å²) in [6, 6.07) is 3.62. The Hall–Kier alpha value is -1.09. The van der Waals surface area contributed by atoms with Crippen molar-refractivity contribution in [3.63, 3.8) is 0 Å². The van der Waals surface area contributed by atoms with Gasteiger partial charge in [0.25, 0.3) is 0 Å². The zero-order valence-electron chi connectivity index (χ0n) is 9.11. The zero-order chi connectivity index (χ0) is 10.7. The molecule has 3 heteroatoms. The molecule has 1 N–H and O–H groups in total. The molecule has 0 aliphatic heterocycles. The molecular weight excluding hydrogens is 178 g/mol. The van der Waals surface area contributed by atoms with Crippen molar-refractivity contribution in [1.82, 2.24) is 4.98 Å². The van der Waals surface area contributed by atoms with Crippen molar-refractivity contribution in [3.05, 3.63) is 23.5 Å². The van der Waals surface area contributed by atoms with E-state index in [-0.39, 0.29) is 5.92 Å². The number of methoxy groups -OCH3 is 1. The standard InChI is InChI=1S/C11H17NO2/c1-7(2)11(13)10-6-9(14-4)5-8(3)12-10/h5-7,11,13H,1-4H3/t11-/m0/s1. The Kier molecular flexibility index (Phi) is 3.47. The van der Waals surface area contributed by atoms with Crippen molar-refractivity contribution >= 4 is 0 Å². The Morgan fingerprint density at radius 2 is 2.00 bits per heavy atom. The maximum Gasteiger partial charge on any atom is 0.122 e. The third-order valence-electron chi connectivity index (χ3n) is 2.12. The summed E-state index contributed by atoms with van der Waals surface area (Å²) in [4.78, 5) is 4.27. The first-order valence-corrected chi connectivity index (χ1v) is 4.75. The highest BCUT2D eigenvalue weighted by molar-refractivity contribution is 5.27. The largest absolute Gasteiger partial charge is 0.497 e. The van der Waals surface area contributed by atoms with Crippen LogP contribution in [-0.4, -0.2) is 17.2 Å². The zero-order valence-corrected chi connectivity index (χ0v) is 9.11. The molecule has 1 heterocycles. The summed E-state index contributed by atoms with van der Waals surface area (Å²) in [5.74, 6) is 0.904. The lowest BCUT2D eigenvalue weighted by Crippen LogP contribution is -2.08. The minimum atomic E-state index is -0.524. The molecule has 0 amide bonds. The van der Waals surface area contributed by atoms with E-state index in [0.29, 0.717) is 5.69 Å². The molecule has 14 heavy (non-hydrogen) atoms. The summed E-state index contributed by atoms with van der Waals surface area (Å²) in [5, 5.41) is 9.82. The first-order valence-electron chi connectivity index (χ1n) is 4.75. The lowest BCUT2D eigenvalue weighted by atomic mass is 10.0. The molecule has 1 rings (SSSR count). The summed E-state index contributed by atoms with van der Waals surface area (Å²) in [5.41, 5.74) is 1.54. The maximum atomic E-state index is 9.82. The van der Waals surface area contributed by atoms with Crippen LogP contribution in [0.3, 0.4) is 0 Å². The number of hydrogen-bond donors (Lipinski definition) is 1. The summed E-state index contributed by atoms with van der Waals surface area (Å²) in [6.07, 6.45) is -0.524. The normalized spacial score (nSPS) is 13.0. The Morgan fingerprint density at radius 1 is 1.36 bits per heavy atom. The molecule has 3 nitrogen and oxygen atoms in total. The Balaban J connectivity index is 3.02. The summed E-state index contributed by atoms with van der Waals surface area (Å²) >= 11 is 0. The number of aryl methyl sites for hydroxylation is 1. The summed E-state index contributed by atoms with van der Waals surface area (Å²) < 4.78 is 5.11. The van der Waals surface area contributed by atoms with Crippen LogP contribution in [0.1, 0.15) is 31.3 Å². The molecule has 0 saturated carbocycles. The van der Waals surface area contributed by atoms with Crippen molar-refractivity contribution in [2.75, 3.05) is 7.11 Å². The van der Waals surface area contributed by atoms with Crippen LogP contribution in [0.25, 0.3) is 0 Å². The minimum Gasteiger partial charge on any atom is -0.497 e. The summed E-state index contributed by atoms with van der Waals surface area (Å²) in [7, 11) is 1.61. The first-order chi connectivity index (χ1) is 6.54. The van der Waals surface area contributed by atoms with E-state index in [4.69, 9.17) is 4.74 Å². The van der Waals surface area contributed by atoms with Crippen LogP contribution in [0.5, 0.6) is 5.75 Å². The van der Waals surface area contributed by atoms with Crippen molar-refractivity contribution in [3.8, 4) is 5.75 Å². The predicted octanol–water partition coefficient (Wildman–Crippen LogP) is 2.09. The fourth-order valence-corrected chi connectivity index (χ4v) is 1.27. The van der Waals surface area contributed by atoms with Gasteiger partial charge in [-0.1, -0.05) is 13.8 Å². The Labute approximate surface area is 84.7 Å². The highest BCUT2D eigenvalue weighted by atomic mass is 16.5. The van der Waals surface area contributed by atoms with E-state index in [2.05, 4.69) is 4.98 Å². The number of pyridine rings is 1. The van der Waals surface area contributed by atoms with Gasteiger partial charge in [-0.25, -0.2) is 0 Å². The fourth-order valence-electron chi connectivity index (χ4n) is 1.27. The molecule has 0 unspecified atom stereocenters. The fraction of sp³-hybridized carbons (Fsp3) is 0.545. The van der Waals surface area contributed by atoms with Crippen LogP contribution in [0.2, 0.25) is 0 Å². The van der Waals surface area contributed by atoms with E-state index < -0.39 is 6.10 Å². The monoisotopic (exact) mass is 195 g/mol. The third-order valence-corrected chi connectivity index (χ3v) is 2.12. The number of hydrogen-bond acceptors (Lipinski definition) is 3. The molecule has 0 aliphatic carbocycles. The van der Waals surface area contributed by atoms with Crippen LogP contribution in [-0.2, 0) is 0 Å². The van der Waals surface area contributed by atoms with Crippen LogP contribution < -0.4 is 4.74 Å². The van der Waals surface area contributed by atoms with E-state index >= 15 is 0 Å². The van der Waals surface area contributed by atoms with Gasteiger partial charge in [0.05, 0.1) is 18.9 Å². The van der Waals surface area contributed by atoms with E-state index in [1.807, 2.05) is 26.8 Å². The number of ether oxygens (including phenoxy) is 1. The quantitative estimate of drug-likeness (QED) is 0.803. The van der Waals surface area contributed by atoms with Gasteiger partial charge in [-0.05, 0) is 12.8 Å². The van der Waals surface area contributed by atoms with Crippen LogP contribution in [0.15, 0.2) is 12.1 Å². The number of rotatable bonds is 3. The maximum absolute atomic E-state index is 9.82. The molecule has 0 spiro atoms. The molecule has 0 aliphatic rings. The van der Waals surface area contributed by atoms with Crippen LogP contribution >= 0.6 is 0 Å². The molecular formula is C11H17NO2. The van der Waals surface area contributed by atoms with Gasteiger partial charge in [0.1, 0.15) is 5.75 Å². The van der Waals surface area contributed by atoms with Gasteiger partial charge in [0.2, 0.25) is 0 Å². The average molecular weight is 195 g/mol. The summed E-state index contributed by atoms with van der Waals surface area (Å²) in [6.45, 7) is 5.81. The van der Waals surface area contributed by atoms with Crippen LogP contribution in [0, 0.1) is 12.8 Å². The van der Waals surface area contributed by atoms with E-state index in [9.17, 15) is 5.11 Å². The van der Waals surface area contributed by atoms with Gasteiger partial charge in [-0.2, -0.15) is 0 Å². The highest BCUT2D eigenvalue weighted by Gasteiger charge is 2.14. The molecule has 1 aromatic heterocycles. The van der Waals surface area contributed by atoms with Gasteiger partial charge in [-0.3, -0.25) is 4.98 Å². The lowest BCUT2D eigenvalue weighted by molar-refractivity contribution is 0.122. The second-order valence-corrected chi connectivity index (χ2v) is 3.76. The highest BCUT2D eigenvalue weighted by Crippen LogP contribution is 2.23. The van der Waals surface area contributed by atoms with Crippen molar-refractivity contribution < 1.29 is 9.84 Å². The Bertz CT molecular complexity index is 310. The van der Waals surface area contributed by atoms with Crippen molar-refractivity contribution in [1.29, 1.82) is 0 Å². The molecule has 0 radical (unpaired) electrons. The van der Waals surface area contributed by atoms with Crippen molar-refractivity contribution in [2.45, 2.75) is 26.9 Å². The van der Waals surface area contributed by atoms with Gasteiger partial charge in [0, 0.05) is 17.8 Å². The minimum absolute atomic E-state index is 0.161. The SMILES string of the molecule is COc1cc(C)nc([C@@H](O)C(C)C)c1. The van der Waals surface area contributed by atoms with E-state index in [0.717, 1.165) is 11.4 Å². The molecule has 1 atom stereocenters. The molecule has 78 valence electrons. The lowest BCUT2D eigenvalue weighted by Gasteiger charge is -2.15. The average Bonchev–Trinajstić information content (AvgIpc) is 2.15.